The second kappa shape index (κ2) is 4.76. The molecule has 0 radical (unpaired) electrons. The van der Waals surface area contributed by atoms with Gasteiger partial charge in [-0.25, -0.2) is 0 Å². The van der Waals surface area contributed by atoms with Gasteiger partial charge in [0.25, 0.3) is 0 Å². The van der Waals surface area contributed by atoms with Crippen molar-refractivity contribution in [2.24, 2.45) is 23.7 Å². The molecule has 0 aromatic carbocycles. The minimum absolute atomic E-state index is 0.207. The summed E-state index contributed by atoms with van der Waals surface area (Å²) in [6.45, 7) is 9.54. The van der Waals surface area contributed by atoms with Gasteiger partial charge >= 0.3 is 0 Å². The van der Waals surface area contributed by atoms with Crippen LogP contribution in [0.4, 0.5) is 0 Å². The molecule has 2 aliphatic carbocycles. The Morgan fingerprint density at radius 2 is 2.06 bits per heavy atom. The van der Waals surface area contributed by atoms with Gasteiger partial charge in [0.15, 0.2) is 0 Å². The molecule has 0 heterocycles. The number of allylic oxidation sites excluding steroid dienone is 1. The fourth-order valence-corrected chi connectivity index (χ4v) is 3.92. The van der Waals surface area contributed by atoms with E-state index in [1.54, 1.807) is 5.57 Å². The van der Waals surface area contributed by atoms with Crippen molar-refractivity contribution >= 4 is 0 Å². The third kappa shape index (κ3) is 2.45. The normalized spacial score (nSPS) is 42.2. The summed E-state index contributed by atoms with van der Waals surface area (Å²) in [7, 11) is 2.00. The molecule has 2 aliphatic rings. The lowest BCUT2D eigenvalue weighted by atomic mass is 9.61. The number of rotatable bonds is 2. The van der Waals surface area contributed by atoms with E-state index in [9.17, 15) is 0 Å². The Balaban J connectivity index is 2.25. The first-order valence-electron chi connectivity index (χ1n) is 7.28. The van der Waals surface area contributed by atoms with E-state index >= 15 is 0 Å². The maximum Gasteiger partial charge on any atom is -0.0181 e. The van der Waals surface area contributed by atoms with Gasteiger partial charge in [-0.3, -0.25) is 0 Å². The summed E-state index contributed by atoms with van der Waals surface area (Å²) in [5, 5.41) is 4.64. The summed E-state index contributed by atoms with van der Waals surface area (Å²) >= 11 is 0. The first-order valence-corrected chi connectivity index (χ1v) is 7.28. The van der Waals surface area contributed by atoms with Gasteiger partial charge < -0.3 is 5.32 Å². The largest absolute Gasteiger partial charge is 0.659 e. The first-order chi connectivity index (χ1) is 7.97. The van der Waals surface area contributed by atoms with Crippen molar-refractivity contribution in [3.8, 4) is 0 Å². The summed E-state index contributed by atoms with van der Waals surface area (Å²) in [4.78, 5) is 0. The van der Waals surface area contributed by atoms with Crippen molar-refractivity contribution in [1.29, 1.82) is 0 Å². The molecule has 0 unspecified atom stereocenters. The highest BCUT2D eigenvalue weighted by atomic mass is 14.9. The highest BCUT2D eigenvalue weighted by molar-refractivity contribution is 5.24. The van der Waals surface area contributed by atoms with Crippen LogP contribution in [0.3, 0.4) is 0 Å². The second-order valence-corrected chi connectivity index (χ2v) is 6.83. The van der Waals surface area contributed by atoms with Gasteiger partial charge in [-0.2, -0.15) is 7.05 Å². The molecule has 2 rings (SSSR count). The van der Waals surface area contributed by atoms with Gasteiger partial charge in [0.2, 0.25) is 0 Å². The molecular weight excluding hydrogens is 206 g/mol. The fraction of sp³-hybridized carbons (Fsp3) is 0.875. The number of hydrogen-bond acceptors (Lipinski definition) is 0. The Morgan fingerprint density at radius 1 is 1.35 bits per heavy atom. The van der Waals surface area contributed by atoms with Crippen LogP contribution in [0.1, 0.15) is 53.4 Å². The minimum Gasteiger partial charge on any atom is -0.659 e. The third-order valence-electron chi connectivity index (χ3n) is 5.28. The zero-order valence-electron chi connectivity index (χ0n) is 12.2. The van der Waals surface area contributed by atoms with Crippen molar-refractivity contribution in [2.75, 3.05) is 7.05 Å². The Morgan fingerprint density at radius 3 is 2.65 bits per heavy atom. The number of fused-ring (bicyclic) bond motifs is 1. The molecule has 1 nitrogen and oxygen atoms in total. The summed E-state index contributed by atoms with van der Waals surface area (Å²) in [6, 6.07) is 0. The molecule has 4 atom stereocenters. The van der Waals surface area contributed by atoms with Crippen LogP contribution in [0.25, 0.3) is 5.32 Å². The zero-order chi connectivity index (χ0) is 12.6. The van der Waals surface area contributed by atoms with Crippen LogP contribution in [-0.2, 0) is 0 Å². The minimum atomic E-state index is 0.207. The van der Waals surface area contributed by atoms with Crippen molar-refractivity contribution in [2.45, 2.75) is 58.9 Å². The van der Waals surface area contributed by atoms with Crippen LogP contribution in [0.2, 0.25) is 0 Å². The van der Waals surface area contributed by atoms with E-state index in [0.29, 0.717) is 0 Å². The van der Waals surface area contributed by atoms with Crippen LogP contribution >= 0.6 is 0 Å². The van der Waals surface area contributed by atoms with E-state index in [4.69, 9.17) is 0 Å². The van der Waals surface area contributed by atoms with Crippen LogP contribution in [-0.4, -0.2) is 12.6 Å². The predicted molar refractivity (Wildman–Crippen MR) is 75.2 cm³/mol. The van der Waals surface area contributed by atoms with Crippen molar-refractivity contribution in [3.05, 3.63) is 17.0 Å². The zero-order valence-corrected chi connectivity index (χ0v) is 12.2. The van der Waals surface area contributed by atoms with Gasteiger partial charge in [-0.05, 0) is 42.9 Å². The summed E-state index contributed by atoms with van der Waals surface area (Å²) in [5.74, 6) is 3.33. The summed E-state index contributed by atoms with van der Waals surface area (Å²) in [5.41, 5.74) is 1.97. The van der Waals surface area contributed by atoms with E-state index in [1.807, 2.05) is 7.05 Å². The van der Waals surface area contributed by atoms with Gasteiger partial charge in [0.05, 0.1) is 0 Å². The lowest BCUT2D eigenvalue weighted by molar-refractivity contribution is 0.166. The maximum atomic E-state index is 4.64. The molecule has 0 aromatic heterocycles. The van der Waals surface area contributed by atoms with Gasteiger partial charge in [0.1, 0.15) is 0 Å². The molecule has 17 heavy (non-hydrogen) atoms. The van der Waals surface area contributed by atoms with Crippen LogP contribution in [0.5, 0.6) is 0 Å². The van der Waals surface area contributed by atoms with Crippen LogP contribution in [0.15, 0.2) is 11.6 Å². The molecule has 0 saturated heterocycles. The topological polar surface area (TPSA) is 14.1 Å². The average Bonchev–Trinajstić information content (AvgIpc) is 2.29. The van der Waals surface area contributed by atoms with E-state index in [2.05, 4.69) is 39.1 Å². The smallest absolute Gasteiger partial charge is 0.0181 e. The van der Waals surface area contributed by atoms with E-state index in [0.717, 1.165) is 30.1 Å². The fourth-order valence-electron chi connectivity index (χ4n) is 3.92. The standard InChI is InChI=1S/C16H28N/c1-11(2)13-7-6-12(3)14-8-9-16(4,17-5)10-15(13)14/h8,11-13,15H,6-7,9-10H2,1-5H3/q-1/t12-,13-,15-,16+/m1/s1. The van der Waals surface area contributed by atoms with E-state index in [-0.39, 0.29) is 5.54 Å². The van der Waals surface area contributed by atoms with Crippen molar-refractivity contribution < 1.29 is 0 Å². The van der Waals surface area contributed by atoms with E-state index < -0.39 is 0 Å². The summed E-state index contributed by atoms with van der Waals surface area (Å²) < 4.78 is 0. The molecule has 0 aliphatic heterocycles. The highest BCUT2D eigenvalue weighted by Crippen LogP contribution is 2.49. The Hall–Kier alpha value is -0.300. The first kappa shape index (κ1) is 13.1. The van der Waals surface area contributed by atoms with Crippen molar-refractivity contribution in [1.82, 2.24) is 0 Å². The second-order valence-electron chi connectivity index (χ2n) is 6.83. The molecule has 0 bridgehead atoms. The Bertz CT molecular complexity index is 305. The highest BCUT2D eigenvalue weighted by Gasteiger charge is 2.38. The predicted octanol–water partition coefficient (Wildman–Crippen LogP) is 4.79. The monoisotopic (exact) mass is 234 g/mol. The number of hydrogen-bond donors (Lipinski definition) is 0. The molecule has 0 aromatic rings. The molecule has 0 amide bonds. The van der Waals surface area contributed by atoms with Crippen LogP contribution < -0.4 is 0 Å². The maximum absolute atomic E-state index is 4.64. The Labute approximate surface area is 107 Å². The lowest BCUT2D eigenvalue weighted by Crippen LogP contribution is -2.39. The molecule has 1 fully saturated rings. The Kier molecular flexibility index (Phi) is 3.68. The molecule has 1 heteroatoms. The lowest BCUT2D eigenvalue weighted by Gasteiger charge is -2.52. The SMILES string of the molecule is C[N-][C@@]1(C)CC=C2[C@H](C)CC[C@H](C(C)C)[C@H]2C1. The van der Waals surface area contributed by atoms with E-state index in [1.165, 1.54) is 19.3 Å². The molecule has 98 valence electrons. The number of nitrogens with zero attached hydrogens (tertiary/aromatic N) is 1. The average molecular weight is 234 g/mol. The van der Waals surface area contributed by atoms with Gasteiger partial charge in [-0.1, -0.05) is 45.8 Å². The third-order valence-corrected chi connectivity index (χ3v) is 5.28. The molecule has 1 saturated carbocycles. The summed E-state index contributed by atoms with van der Waals surface area (Å²) in [6.07, 6.45) is 7.78. The molecule has 0 N–H and O–H groups in total. The van der Waals surface area contributed by atoms with Gasteiger partial charge in [-0.15, -0.1) is 5.54 Å². The quantitative estimate of drug-likeness (QED) is 0.610. The van der Waals surface area contributed by atoms with Gasteiger partial charge in [0, 0.05) is 0 Å². The van der Waals surface area contributed by atoms with Crippen LogP contribution in [0, 0.1) is 23.7 Å². The molecular formula is C16H28N-. The molecule has 0 spiro atoms. The van der Waals surface area contributed by atoms with Crippen molar-refractivity contribution in [3.63, 3.8) is 0 Å².